The third kappa shape index (κ3) is 4.20. The zero-order chi connectivity index (χ0) is 18.2. The number of benzene rings is 3. The Morgan fingerprint density at radius 3 is 2.04 bits per heavy atom. The molecule has 7 nitrogen and oxygen atoms in total. The van der Waals surface area contributed by atoms with Gasteiger partial charge in [0.15, 0.2) is 0 Å². The van der Waals surface area contributed by atoms with Gasteiger partial charge >= 0.3 is 0 Å². The minimum absolute atomic E-state index is 0. The fourth-order valence-electron chi connectivity index (χ4n) is 2.39. The van der Waals surface area contributed by atoms with Crippen molar-refractivity contribution in [3.05, 3.63) is 60.7 Å². The first-order chi connectivity index (χ1) is 11.7. The van der Waals surface area contributed by atoms with E-state index < -0.39 is 25.0 Å². The third-order valence-corrected chi connectivity index (χ3v) is 5.77. The van der Waals surface area contributed by atoms with Crippen molar-refractivity contribution in [1.82, 2.24) is 0 Å². The number of sulfonamides is 1. The summed E-state index contributed by atoms with van der Waals surface area (Å²) in [6.07, 6.45) is 0. The normalized spacial score (nSPS) is 11.7. The summed E-state index contributed by atoms with van der Waals surface area (Å²) in [5, 5.41) is 10.8. The quantitative estimate of drug-likeness (QED) is 0.455. The molecule has 3 aromatic carbocycles. The van der Waals surface area contributed by atoms with Crippen LogP contribution in [0.15, 0.2) is 70.5 Å². The molecule has 0 unspecified atom stereocenters. The second kappa shape index (κ2) is 7.55. The minimum Gasteiger partial charge on any atom is -0.507 e. The predicted molar refractivity (Wildman–Crippen MR) is 98.4 cm³/mol. The molecule has 0 saturated carbocycles. The molecular weight excluding hydrogens is 389 g/mol. The Kier molecular flexibility index (Phi) is 6.01. The smallest absolute Gasteiger partial charge is 0.294 e. The van der Waals surface area contributed by atoms with Crippen molar-refractivity contribution in [1.29, 1.82) is 0 Å². The summed E-state index contributed by atoms with van der Waals surface area (Å²) in [6, 6.07) is 13.8. The summed E-state index contributed by atoms with van der Waals surface area (Å²) in [4.78, 5) is -0.842. The van der Waals surface area contributed by atoms with Crippen molar-refractivity contribution in [3.63, 3.8) is 0 Å². The second-order valence-electron chi connectivity index (χ2n) is 5.23. The molecule has 0 fully saturated rings. The number of aromatic hydroxyl groups is 1. The van der Waals surface area contributed by atoms with Crippen LogP contribution in [0.3, 0.4) is 0 Å². The molecule has 0 bridgehead atoms. The second-order valence-corrected chi connectivity index (χ2v) is 8.34. The first-order valence-corrected chi connectivity index (χ1v) is 9.92. The van der Waals surface area contributed by atoms with Crippen molar-refractivity contribution in [2.75, 3.05) is 4.72 Å². The van der Waals surface area contributed by atoms with Crippen molar-refractivity contribution < 1.29 is 26.5 Å². The molecule has 0 amide bonds. The number of nitrogens with one attached hydrogen (secondary N) is 1. The van der Waals surface area contributed by atoms with Gasteiger partial charge in [0.05, 0.1) is 15.5 Å². The van der Waals surface area contributed by atoms with Gasteiger partial charge in [-0.25, -0.2) is 8.42 Å². The van der Waals surface area contributed by atoms with E-state index in [2.05, 4.69) is 4.72 Å². The first-order valence-electron chi connectivity index (χ1n) is 6.99. The van der Waals surface area contributed by atoms with Crippen LogP contribution in [-0.4, -0.2) is 56.1 Å². The van der Waals surface area contributed by atoms with Crippen LogP contribution in [-0.2, 0) is 20.1 Å². The Labute approximate surface area is 172 Å². The number of hydrogen-bond donors (Lipinski definition) is 3. The Balaban J connectivity index is 0.00000243. The molecule has 0 aliphatic rings. The van der Waals surface area contributed by atoms with E-state index in [9.17, 15) is 21.9 Å². The summed E-state index contributed by atoms with van der Waals surface area (Å²) >= 11 is 0. The van der Waals surface area contributed by atoms with Gasteiger partial charge < -0.3 is 5.11 Å². The van der Waals surface area contributed by atoms with E-state index >= 15 is 0 Å². The molecule has 0 aromatic heterocycles. The van der Waals surface area contributed by atoms with Gasteiger partial charge in [0, 0.05) is 40.3 Å². The van der Waals surface area contributed by atoms with E-state index in [4.69, 9.17) is 4.55 Å². The van der Waals surface area contributed by atoms with Gasteiger partial charge in [0.1, 0.15) is 5.75 Å². The average Bonchev–Trinajstić information content (AvgIpc) is 2.55. The van der Waals surface area contributed by atoms with Crippen LogP contribution in [0.25, 0.3) is 10.8 Å². The average molecular weight is 402 g/mol. The number of phenols is 1. The van der Waals surface area contributed by atoms with Crippen LogP contribution < -0.4 is 4.72 Å². The zero-order valence-corrected chi connectivity index (χ0v) is 17.3. The van der Waals surface area contributed by atoms with Gasteiger partial charge in [-0.15, -0.1) is 0 Å². The molecule has 0 saturated heterocycles. The third-order valence-electron chi connectivity index (χ3n) is 3.56. The van der Waals surface area contributed by atoms with Crippen LogP contribution in [0.1, 0.15) is 0 Å². The molecule has 0 heterocycles. The predicted octanol–water partition coefficient (Wildman–Crippen LogP) is 2.21. The molecule has 0 aliphatic heterocycles. The number of hydrogen-bond acceptors (Lipinski definition) is 5. The number of fused-ring (bicyclic) bond motifs is 1. The van der Waals surface area contributed by atoms with Crippen LogP contribution in [0.4, 0.5) is 5.69 Å². The number of rotatable bonds is 4. The Bertz CT molecular complexity index is 1180. The molecule has 0 atom stereocenters. The minimum atomic E-state index is -4.52. The Morgan fingerprint density at radius 2 is 1.35 bits per heavy atom. The Hall–Kier alpha value is -1.62. The summed E-state index contributed by atoms with van der Waals surface area (Å²) in [5.41, 5.74) is 0.227. The first kappa shape index (κ1) is 20.7. The summed E-state index contributed by atoms with van der Waals surface area (Å²) < 4.78 is 58.9. The van der Waals surface area contributed by atoms with Gasteiger partial charge in [-0.3, -0.25) is 9.27 Å². The van der Waals surface area contributed by atoms with Crippen LogP contribution >= 0.6 is 0 Å². The van der Waals surface area contributed by atoms with Crippen LogP contribution in [0, 0.1) is 0 Å². The molecule has 1 radical (unpaired) electrons. The summed E-state index contributed by atoms with van der Waals surface area (Å²) in [7, 11) is -8.63. The molecule has 3 N–H and O–H groups in total. The maximum absolute atomic E-state index is 12.6. The van der Waals surface area contributed by atoms with E-state index in [1.165, 1.54) is 24.3 Å². The molecule has 10 heteroatoms. The molecular formula is C16H13NNaO6S2. The molecule has 3 aromatic rings. The van der Waals surface area contributed by atoms with E-state index in [0.717, 1.165) is 12.1 Å². The van der Waals surface area contributed by atoms with E-state index in [0.29, 0.717) is 10.8 Å². The van der Waals surface area contributed by atoms with Crippen molar-refractivity contribution >= 4 is 66.2 Å². The van der Waals surface area contributed by atoms with Crippen LogP contribution in [0.5, 0.6) is 5.75 Å². The van der Waals surface area contributed by atoms with Crippen molar-refractivity contribution in [2.24, 2.45) is 0 Å². The molecule has 131 valence electrons. The number of phenolic OH excluding ortho intramolecular Hbond substituents is 1. The number of anilines is 1. The standard InChI is InChI=1S/C16H13NO6S2.Na/c18-16-9-3-6-13-14(16)7-2-8-15(13)17-24(19,20)11-4-1-5-12(10-11)25(21,22)23;/h1-10,17-18H,(H,21,22,23);. The topological polar surface area (TPSA) is 121 Å². The van der Waals surface area contributed by atoms with E-state index in [-0.39, 0.29) is 45.9 Å². The monoisotopic (exact) mass is 402 g/mol. The molecule has 3 rings (SSSR count). The zero-order valence-electron chi connectivity index (χ0n) is 13.6. The van der Waals surface area contributed by atoms with E-state index in [1.54, 1.807) is 24.3 Å². The van der Waals surface area contributed by atoms with Crippen LogP contribution in [0.2, 0.25) is 0 Å². The van der Waals surface area contributed by atoms with Gasteiger partial charge in [0.25, 0.3) is 20.1 Å². The SMILES string of the molecule is O=S(=O)(O)c1cccc(S(=O)(=O)Nc2cccc3c(O)cccc23)c1.[Na]. The van der Waals surface area contributed by atoms with E-state index in [1.807, 2.05) is 0 Å². The molecule has 26 heavy (non-hydrogen) atoms. The maximum atomic E-state index is 12.6. The fourth-order valence-corrected chi connectivity index (χ4v) is 4.11. The summed E-state index contributed by atoms with van der Waals surface area (Å²) in [6.45, 7) is 0. The van der Waals surface area contributed by atoms with Crippen molar-refractivity contribution in [2.45, 2.75) is 9.79 Å². The largest absolute Gasteiger partial charge is 0.507 e. The summed E-state index contributed by atoms with van der Waals surface area (Å²) in [5.74, 6) is 0.00641. The Morgan fingerprint density at radius 1 is 0.769 bits per heavy atom. The van der Waals surface area contributed by atoms with Crippen molar-refractivity contribution in [3.8, 4) is 5.75 Å². The maximum Gasteiger partial charge on any atom is 0.294 e. The molecule has 0 aliphatic carbocycles. The van der Waals surface area contributed by atoms with Gasteiger partial charge in [-0.05, 0) is 30.3 Å². The van der Waals surface area contributed by atoms with Gasteiger partial charge in [-0.2, -0.15) is 8.42 Å². The van der Waals surface area contributed by atoms with Gasteiger partial charge in [-0.1, -0.05) is 30.3 Å². The van der Waals surface area contributed by atoms with Gasteiger partial charge in [0.2, 0.25) is 0 Å². The fraction of sp³-hybridized carbons (Fsp3) is 0. The molecule has 0 spiro atoms.